The highest BCUT2D eigenvalue weighted by Crippen LogP contribution is 2.49. The van der Waals surface area contributed by atoms with Gasteiger partial charge in [0.2, 0.25) is 0 Å². The van der Waals surface area contributed by atoms with Crippen molar-refractivity contribution in [3.63, 3.8) is 0 Å². The molecule has 2 aliphatic heterocycles. The lowest BCUT2D eigenvalue weighted by molar-refractivity contribution is 0.0664. The quantitative estimate of drug-likeness (QED) is 0.630. The van der Waals surface area contributed by atoms with Crippen LogP contribution in [0.4, 0.5) is 11.4 Å². The van der Waals surface area contributed by atoms with E-state index in [4.69, 9.17) is 4.52 Å². The molecule has 2 aromatic carbocycles. The summed E-state index contributed by atoms with van der Waals surface area (Å²) < 4.78 is 5.40. The fourth-order valence-electron chi connectivity index (χ4n) is 5.15. The number of rotatable bonds is 3. The molecule has 1 spiro atoms. The highest BCUT2D eigenvalue weighted by atomic mass is 16.5. The second-order valence-electron chi connectivity index (χ2n) is 8.90. The van der Waals surface area contributed by atoms with Crippen molar-refractivity contribution in [3.05, 3.63) is 77.7 Å². The van der Waals surface area contributed by atoms with Gasteiger partial charge < -0.3 is 14.3 Å². The normalized spacial score (nSPS) is 19.9. The Labute approximate surface area is 176 Å². The van der Waals surface area contributed by atoms with E-state index in [1.807, 2.05) is 11.0 Å². The van der Waals surface area contributed by atoms with Crippen LogP contribution in [0, 0.1) is 0 Å². The molecular formula is C25H25N3O2. The molecule has 1 amide bonds. The van der Waals surface area contributed by atoms with Crippen molar-refractivity contribution in [1.82, 2.24) is 10.1 Å². The molecule has 0 unspecified atom stereocenters. The van der Waals surface area contributed by atoms with Crippen LogP contribution < -0.4 is 4.90 Å². The van der Waals surface area contributed by atoms with Crippen molar-refractivity contribution in [2.75, 3.05) is 24.5 Å². The van der Waals surface area contributed by atoms with Crippen molar-refractivity contribution in [2.45, 2.75) is 37.0 Å². The Bertz CT molecular complexity index is 1080. The second-order valence-corrected chi connectivity index (χ2v) is 8.90. The number of piperidine rings is 1. The highest BCUT2D eigenvalue weighted by Gasteiger charge is 2.45. The summed E-state index contributed by atoms with van der Waals surface area (Å²) in [5.74, 6) is 1.35. The molecular weight excluding hydrogens is 374 g/mol. The van der Waals surface area contributed by atoms with E-state index in [1.54, 1.807) is 0 Å². The van der Waals surface area contributed by atoms with Gasteiger partial charge >= 0.3 is 0 Å². The molecule has 3 aliphatic rings. The van der Waals surface area contributed by atoms with Gasteiger partial charge in [-0.3, -0.25) is 4.79 Å². The number of fused-ring (bicyclic) bond motifs is 2. The van der Waals surface area contributed by atoms with Crippen molar-refractivity contribution < 1.29 is 9.32 Å². The van der Waals surface area contributed by atoms with Crippen LogP contribution in [0.25, 0.3) is 0 Å². The van der Waals surface area contributed by atoms with Crippen LogP contribution >= 0.6 is 0 Å². The Balaban J connectivity index is 1.23. The summed E-state index contributed by atoms with van der Waals surface area (Å²) in [5, 5.41) is 4.05. The van der Waals surface area contributed by atoms with E-state index >= 15 is 0 Å². The first-order valence-electron chi connectivity index (χ1n) is 10.9. The number of carbonyl (C=O) groups is 1. The molecule has 1 saturated carbocycles. The van der Waals surface area contributed by atoms with E-state index in [9.17, 15) is 4.79 Å². The summed E-state index contributed by atoms with van der Waals surface area (Å²) >= 11 is 0. The van der Waals surface area contributed by atoms with Gasteiger partial charge in [-0.25, -0.2) is 0 Å². The molecule has 5 heteroatoms. The molecule has 6 rings (SSSR count). The van der Waals surface area contributed by atoms with E-state index in [1.165, 1.54) is 16.9 Å². The van der Waals surface area contributed by atoms with Gasteiger partial charge in [0, 0.05) is 48.4 Å². The minimum Gasteiger partial charge on any atom is -0.360 e. The van der Waals surface area contributed by atoms with Gasteiger partial charge in [-0.1, -0.05) is 41.6 Å². The topological polar surface area (TPSA) is 49.6 Å². The van der Waals surface area contributed by atoms with Crippen LogP contribution in [0.2, 0.25) is 0 Å². The minimum absolute atomic E-state index is 0.00620. The van der Waals surface area contributed by atoms with Crippen molar-refractivity contribution in [1.29, 1.82) is 0 Å². The van der Waals surface area contributed by atoms with Crippen molar-refractivity contribution >= 4 is 17.3 Å². The third-order valence-corrected chi connectivity index (χ3v) is 7.03. The van der Waals surface area contributed by atoms with Gasteiger partial charge in [0.25, 0.3) is 5.91 Å². The average Bonchev–Trinajstić information content (AvgIpc) is 3.45. The Morgan fingerprint density at radius 2 is 1.73 bits per heavy atom. The molecule has 1 aliphatic carbocycles. The third-order valence-electron chi connectivity index (χ3n) is 7.03. The lowest BCUT2D eigenvalue weighted by Gasteiger charge is -2.39. The zero-order valence-corrected chi connectivity index (χ0v) is 17.0. The zero-order chi connectivity index (χ0) is 20.1. The molecule has 0 radical (unpaired) electrons. The fourth-order valence-corrected chi connectivity index (χ4v) is 5.15. The number of hydrogen-bond acceptors (Lipinski definition) is 4. The number of nitrogens with zero attached hydrogens (tertiary/aromatic N) is 3. The number of hydrogen-bond donors (Lipinski definition) is 0. The molecule has 1 saturated heterocycles. The van der Waals surface area contributed by atoms with Crippen LogP contribution in [0.5, 0.6) is 0 Å². The monoisotopic (exact) mass is 399 g/mol. The minimum atomic E-state index is 0.00620. The summed E-state index contributed by atoms with van der Waals surface area (Å²) in [6.45, 7) is 2.47. The SMILES string of the molecule is O=C(c1cc(C2CC2)on1)N1CCC2(CC1)CN(c1ccccc1)c1ccccc12. The third kappa shape index (κ3) is 2.83. The maximum Gasteiger partial charge on any atom is 0.276 e. The summed E-state index contributed by atoms with van der Waals surface area (Å²) in [4.78, 5) is 17.4. The van der Waals surface area contributed by atoms with Gasteiger partial charge in [0.05, 0.1) is 0 Å². The van der Waals surface area contributed by atoms with Crippen LogP contribution in [0.1, 0.15) is 53.4 Å². The average molecular weight is 399 g/mol. The van der Waals surface area contributed by atoms with Crippen molar-refractivity contribution in [3.8, 4) is 0 Å². The molecule has 30 heavy (non-hydrogen) atoms. The molecule has 3 aromatic rings. The van der Waals surface area contributed by atoms with E-state index < -0.39 is 0 Å². The Hall–Kier alpha value is -3.08. The molecule has 5 nitrogen and oxygen atoms in total. The number of amides is 1. The van der Waals surface area contributed by atoms with E-state index in [0.29, 0.717) is 11.6 Å². The first kappa shape index (κ1) is 17.8. The van der Waals surface area contributed by atoms with Gasteiger partial charge in [0.1, 0.15) is 5.76 Å². The van der Waals surface area contributed by atoms with Crippen LogP contribution in [-0.4, -0.2) is 35.6 Å². The van der Waals surface area contributed by atoms with Crippen molar-refractivity contribution in [2.24, 2.45) is 0 Å². The first-order valence-corrected chi connectivity index (χ1v) is 10.9. The number of para-hydroxylation sites is 2. The maximum absolute atomic E-state index is 13.0. The predicted octanol–water partition coefficient (Wildman–Crippen LogP) is 4.88. The van der Waals surface area contributed by atoms with Crippen LogP contribution in [-0.2, 0) is 5.41 Å². The van der Waals surface area contributed by atoms with Crippen LogP contribution in [0.15, 0.2) is 65.2 Å². The molecule has 0 bridgehead atoms. The summed E-state index contributed by atoms with van der Waals surface area (Å²) in [7, 11) is 0. The number of benzene rings is 2. The number of aromatic nitrogens is 1. The maximum atomic E-state index is 13.0. The number of likely N-dealkylation sites (tertiary alicyclic amines) is 1. The molecule has 0 N–H and O–H groups in total. The number of carbonyl (C=O) groups excluding carboxylic acids is 1. The lowest BCUT2D eigenvalue weighted by Crippen LogP contribution is -2.46. The molecule has 3 heterocycles. The zero-order valence-electron chi connectivity index (χ0n) is 17.0. The summed E-state index contributed by atoms with van der Waals surface area (Å²) in [6.07, 6.45) is 4.22. The van der Waals surface area contributed by atoms with Gasteiger partial charge in [0.15, 0.2) is 5.69 Å². The summed E-state index contributed by atoms with van der Waals surface area (Å²) in [5.41, 5.74) is 4.50. The molecule has 0 atom stereocenters. The van der Waals surface area contributed by atoms with Gasteiger partial charge in [-0.05, 0) is 49.4 Å². The number of anilines is 2. The Morgan fingerprint density at radius 1 is 1.00 bits per heavy atom. The smallest absolute Gasteiger partial charge is 0.276 e. The standard InChI is InChI=1S/C25H25N3O2/c29-24(21-16-23(30-26-21)18-10-11-18)27-14-12-25(13-15-27)17-28(19-6-2-1-3-7-19)22-9-5-4-8-20(22)25/h1-9,16,18H,10-15,17H2. The fraction of sp³-hybridized carbons (Fsp3) is 0.360. The predicted molar refractivity (Wildman–Crippen MR) is 115 cm³/mol. The summed E-state index contributed by atoms with van der Waals surface area (Å²) in [6, 6.07) is 21.2. The molecule has 2 fully saturated rings. The van der Waals surface area contributed by atoms with E-state index in [-0.39, 0.29) is 11.3 Å². The van der Waals surface area contributed by atoms with Gasteiger partial charge in [-0.2, -0.15) is 0 Å². The largest absolute Gasteiger partial charge is 0.360 e. The Kier molecular flexibility index (Phi) is 3.98. The van der Waals surface area contributed by atoms with Gasteiger partial charge in [-0.15, -0.1) is 0 Å². The first-order chi connectivity index (χ1) is 14.7. The van der Waals surface area contributed by atoms with E-state index in [2.05, 4.69) is 64.7 Å². The van der Waals surface area contributed by atoms with Crippen LogP contribution in [0.3, 0.4) is 0 Å². The Morgan fingerprint density at radius 3 is 2.50 bits per heavy atom. The highest BCUT2D eigenvalue weighted by molar-refractivity contribution is 5.92. The lowest BCUT2D eigenvalue weighted by atomic mass is 9.74. The van der Waals surface area contributed by atoms with E-state index in [0.717, 1.165) is 51.1 Å². The molecule has 1 aromatic heterocycles. The second kappa shape index (κ2) is 6.73. The molecule has 152 valence electrons.